The summed E-state index contributed by atoms with van der Waals surface area (Å²) in [5.41, 5.74) is 6.69. The van der Waals surface area contributed by atoms with Gasteiger partial charge in [-0.05, 0) is 79.8 Å². The second-order valence-corrected chi connectivity index (χ2v) is 8.93. The molecule has 2 aromatic heterocycles. The van der Waals surface area contributed by atoms with Crippen molar-refractivity contribution in [3.63, 3.8) is 0 Å². The molecule has 5 nitrogen and oxygen atoms in total. The fraction of sp³-hybridized carbons (Fsp3) is 0.185. The molecule has 3 heterocycles. The lowest BCUT2D eigenvalue weighted by molar-refractivity contribution is 0.549. The number of nitrogens with zero attached hydrogens (tertiary/aromatic N) is 4. The first-order chi connectivity index (χ1) is 16.0. The van der Waals surface area contributed by atoms with Crippen LogP contribution in [-0.4, -0.2) is 28.8 Å². The van der Waals surface area contributed by atoms with Gasteiger partial charge in [0.2, 0.25) is 0 Å². The molecule has 0 radical (unpaired) electrons. The highest BCUT2D eigenvalue weighted by Gasteiger charge is 2.42. The van der Waals surface area contributed by atoms with E-state index >= 15 is 0 Å². The van der Waals surface area contributed by atoms with E-state index in [0.29, 0.717) is 5.11 Å². The van der Waals surface area contributed by atoms with E-state index in [1.165, 1.54) is 5.56 Å². The highest BCUT2D eigenvalue weighted by molar-refractivity contribution is 7.80. The van der Waals surface area contributed by atoms with Crippen LogP contribution in [0.15, 0.2) is 91.3 Å². The van der Waals surface area contributed by atoms with Crippen molar-refractivity contribution < 1.29 is 0 Å². The molecule has 1 N–H and O–H groups in total. The molecule has 1 fully saturated rings. The zero-order chi connectivity index (χ0) is 22.9. The Bertz CT molecular complexity index is 1250. The van der Waals surface area contributed by atoms with Gasteiger partial charge in [-0.25, -0.2) is 0 Å². The lowest BCUT2D eigenvalue weighted by Crippen LogP contribution is -2.30. The summed E-state index contributed by atoms with van der Waals surface area (Å²) >= 11 is 5.88. The quantitative estimate of drug-likeness (QED) is 0.408. The standard InChI is InChI=1S/C27H27N5S/c1-19-9-11-21(12-10-19)31-18-6-8-24(31)26-25(23-7-4-5-17-28-23)29-27(33)32(26)22-15-13-20(14-16-22)30(2)3/h4-18,25-26H,1-3H3,(H,29,33). The molecule has 1 saturated heterocycles. The zero-order valence-corrected chi connectivity index (χ0v) is 19.8. The maximum absolute atomic E-state index is 5.88. The molecule has 1 aliphatic heterocycles. The number of aromatic nitrogens is 2. The van der Waals surface area contributed by atoms with Gasteiger partial charge in [0.1, 0.15) is 6.04 Å². The second kappa shape index (κ2) is 8.71. The summed E-state index contributed by atoms with van der Waals surface area (Å²) in [5.74, 6) is 0. The van der Waals surface area contributed by atoms with Crippen LogP contribution in [0.25, 0.3) is 5.69 Å². The van der Waals surface area contributed by atoms with Gasteiger partial charge in [-0.15, -0.1) is 0 Å². The Morgan fingerprint density at radius 3 is 2.27 bits per heavy atom. The van der Waals surface area contributed by atoms with Gasteiger partial charge in [0.25, 0.3) is 0 Å². The average Bonchev–Trinajstić information content (AvgIpc) is 3.44. The lowest BCUT2D eigenvalue weighted by atomic mass is 10.0. The maximum atomic E-state index is 5.88. The number of anilines is 2. The third-order valence-corrected chi connectivity index (χ3v) is 6.45. The minimum Gasteiger partial charge on any atom is -0.378 e. The Balaban J connectivity index is 1.63. The van der Waals surface area contributed by atoms with E-state index in [-0.39, 0.29) is 12.1 Å². The molecule has 0 bridgehead atoms. The normalized spacial score (nSPS) is 17.8. The minimum atomic E-state index is -0.0775. The first-order valence-corrected chi connectivity index (χ1v) is 11.5. The highest BCUT2D eigenvalue weighted by atomic mass is 32.1. The summed E-state index contributed by atoms with van der Waals surface area (Å²) < 4.78 is 2.25. The molecule has 0 aliphatic carbocycles. The topological polar surface area (TPSA) is 36.3 Å². The summed E-state index contributed by atoms with van der Waals surface area (Å²) in [6.45, 7) is 2.11. The average molecular weight is 454 g/mol. The molecular weight excluding hydrogens is 426 g/mol. The summed E-state index contributed by atoms with van der Waals surface area (Å²) in [6, 6.07) is 27.3. The molecule has 33 heavy (non-hydrogen) atoms. The second-order valence-electron chi connectivity index (χ2n) is 8.55. The van der Waals surface area contributed by atoms with Gasteiger partial charge in [0.15, 0.2) is 5.11 Å². The van der Waals surface area contributed by atoms with E-state index in [1.54, 1.807) is 0 Å². The number of benzene rings is 2. The van der Waals surface area contributed by atoms with Crippen molar-refractivity contribution in [3.8, 4) is 5.69 Å². The number of hydrogen-bond acceptors (Lipinski definition) is 3. The van der Waals surface area contributed by atoms with Crippen LogP contribution >= 0.6 is 12.2 Å². The third kappa shape index (κ3) is 3.98. The van der Waals surface area contributed by atoms with Crippen LogP contribution in [0.3, 0.4) is 0 Å². The van der Waals surface area contributed by atoms with Gasteiger partial charge < -0.3 is 19.7 Å². The maximum Gasteiger partial charge on any atom is 0.174 e. The van der Waals surface area contributed by atoms with Crippen molar-refractivity contribution in [2.75, 3.05) is 23.9 Å². The Hall–Kier alpha value is -3.64. The van der Waals surface area contributed by atoms with Crippen LogP contribution < -0.4 is 15.1 Å². The Morgan fingerprint density at radius 2 is 1.61 bits per heavy atom. The van der Waals surface area contributed by atoms with Crippen molar-refractivity contribution in [1.29, 1.82) is 0 Å². The molecule has 0 amide bonds. The van der Waals surface area contributed by atoms with E-state index in [9.17, 15) is 0 Å². The van der Waals surface area contributed by atoms with Gasteiger partial charge in [0, 0.05) is 49.2 Å². The van der Waals surface area contributed by atoms with Gasteiger partial charge in [0.05, 0.1) is 11.7 Å². The predicted octanol–water partition coefficient (Wildman–Crippen LogP) is 5.42. The van der Waals surface area contributed by atoms with Crippen LogP contribution in [0.5, 0.6) is 0 Å². The first kappa shape index (κ1) is 21.2. The Labute approximate surface area is 200 Å². The van der Waals surface area contributed by atoms with Gasteiger partial charge in [-0.1, -0.05) is 23.8 Å². The molecular formula is C27H27N5S. The van der Waals surface area contributed by atoms with Gasteiger partial charge in [-0.2, -0.15) is 0 Å². The van der Waals surface area contributed by atoms with Gasteiger partial charge >= 0.3 is 0 Å². The first-order valence-electron chi connectivity index (χ1n) is 11.1. The monoisotopic (exact) mass is 453 g/mol. The van der Waals surface area contributed by atoms with Crippen LogP contribution in [-0.2, 0) is 0 Å². The number of pyridine rings is 1. The molecule has 0 spiro atoms. The highest BCUT2D eigenvalue weighted by Crippen LogP contribution is 2.42. The van der Waals surface area contributed by atoms with Crippen LogP contribution in [0.1, 0.15) is 29.0 Å². The fourth-order valence-electron chi connectivity index (χ4n) is 4.42. The van der Waals surface area contributed by atoms with Crippen molar-refractivity contribution in [1.82, 2.24) is 14.9 Å². The summed E-state index contributed by atoms with van der Waals surface area (Å²) in [5, 5.41) is 4.25. The zero-order valence-electron chi connectivity index (χ0n) is 19.0. The summed E-state index contributed by atoms with van der Waals surface area (Å²) in [4.78, 5) is 8.98. The van der Waals surface area contributed by atoms with Crippen LogP contribution in [0, 0.1) is 6.92 Å². The molecule has 2 unspecified atom stereocenters. The Morgan fingerprint density at radius 1 is 0.879 bits per heavy atom. The molecule has 0 saturated carbocycles. The fourth-order valence-corrected chi connectivity index (χ4v) is 4.77. The van der Waals surface area contributed by atoms with E-state index in [1.807, 2.05) is 32.4 Å². The molecule has 5 rings (SSSR count). The van der Waals surface area contributed by atoms with Crippen molar-refractivity contribution in [3.05, 3.63) is 108 Å². The molecule has 6 heteroatoms. The van der Waals surface area contributed by atoms with Gasteiger partial charge in [-0.3, -0.25) is 4.98 Å². The molecule has 1 aliphatic rings. The van der Waals surface area contributed by atoms with E-state index in [4.69, 9.17) is 12.2 Å². The third-order valence-electron chi connectivity index (χ3n) is 6.14. The van der Waals surface area contributed by atoms with E-state index in [2.05, 4.69) is 105 Å². The smallest absolute Gasteiger partial charge is 0.174 e. The van der Waals surface area contributed by atoms with Crippen LogP contribution in [0.4, 0.5) is 11.4 Å². The van der Waals surface area contributed by atoms with E-state index in [0.717, 1.165) is 28.5 Å². The molecule has 4 aromatic rings. The SMILES string of the molecule is Cc1ccc(-n2cccc2C2C(c3ccccn3)NC(=S)N2c2ccc(N(C)C)cc2)cc1. The van der Waals surface area contributed by atoms with Crippen LogP contribution in [0.2, 0.25) is 0 Å². The summed E-state index contributed by atoms with van der Waals surface area (Å²) in [7, 11) is 4.09. The largest absolute Gasteiger partial charge is 0.378 e. The molecule has 2 aromatic carbocycles. The number of hydrogen-bond donors (Lipinski definition) is 1. The number of nitrogens with one attached hydrogen (secondary N) is 1. The summed E-state index contributed by atoms with van der Waals surface area (Å²) in [6.07, 6.45) is 3.95. The lowest BCUT2D eigenvalue weighted by Gasteiger charge is -2.29. The number of rotatable bonds is 5. The molecule has 166 valence electrons. The number of aryl methyl sites for hydroxylation is 1. The predicted molar refractivity (Wildman–Crippen MR) is 139 cm³/mol. The molecule has 2 atom stereocenters. The number of thiocarbonyl (C=S) groups is 1. The van der Waals surface area contributed by atoms with Crippen molar-refractivity contribution in [2.45, 2.75) is 19.0 Å². The van der Waals surface area contributed by atoms with E-state index < -0.39 is 0 Å². The van der Waals surface area contributed by atoms with Crippen molar-refractivity contribution in [2.24, 2.45) is 0 Å². The van der Waals surface area contributed by atoms with Crippen molar-refractivity contribution >= 4 is 28.7 Å². The Kier molecular flexibility index (Phi) is 5.60. The minimum absolute atomic E-state index is 0.0612.